The largest absolute Gasteiger partial charge is 0.465 e. The number of nitrogens with one attached hydrogen (secondary N) is 1. The fourth-order valence-electron chi connectivity index (χ4n) is 1.85. The van der Waals surface area contributed by atoms with E-state index in [4.69, 9.17) is 4.74 Å². The maximum atomic E-state index is 11.8. The van der Waals surface area contributed by atoms with Gasteiger partial charge >= 0.3 is 5.97 Å². The Hall–Kier alpha value is -1.39. The molecule has 0 saturated heterocycles. The number of carbonyl (C=O) groups excluding carboxylic acids is 1. The van der Waals surface area contributed by atoms with Gasteiger partial charge in [-0.1, -0.05) is 18.2 Å². The molecule has 0 spiro atoms. The van der Waals surface area contributed by atoms with E-state index in [1.807, 2.05) is 30.5 Å². The Morgan fingerprint density at radius 2 is 2.24 bits per heavy atom. The molecule has 2 rings (SSSR count). The van der Waals surface area contributed by atoms with Crippen LogP contribution in [0.4, 0.5) is 0 Å². The molecule has 4 heteroatoms. The molecule has 0 bridgehead atoms. The van der Waals surface area contributed by atoms with Crippen molar-refractivity contribution in [2.24, 2.45) is 0 Å². The van der Waals surface area contributed by atoms with Crippen LogP contribution in [0.1, 0.15) is 18.5 Å². The van der Waals surface area contributed by atoms with Gasteiger partial charge in [0.2, 0.25) is 0 Å². The van der Waals surface area contributed by atoms with Gasteiger partial charge in [0, 0.05) is 4.70 Å². The summed E-state index contributed by atoms with van der Waals surface area (Å²) in [5, 5.41) is 6.15. The van der Waals surface area contributed by atoms with Gasteiger partial charge in [-0.2, -0.15) is 0 Å². The summed E-state index contributed by atoms with van der Waals surface area (Å²) in [6.07, 6.45) is 0. The average Bonchev–Trinajstić information content (AvgIpc) is 2.75. The Morgan fingerprint density at radius 1 is 1.47 bits per heavy atom. The van der Waals surface area contributed by atoms with Crippen LogP contribution in [0, 0.1) is 0 Å². The molecule has 0 amide bonds. The van der Waals surface area contributed by atoms with Crippen LogP contribution >= 0.6 is 11.3 Å². The molecular formula is C13H15NO2S. The number of thiophene rings is 1. The second kappa shape index (κ2) is 5.29. The summed E-state index contributed by atoms with van der Waals surface area (Å²) >= 11 is 1.65. The SMILES string of the molecule is CCOC(=O)C(NC)c1csc2ccccc12. The number of carbonyl (C=O) groups is 1. The smallest absolute Gasteiger partial charge is 0.327 e. The Kier molecular flexibility index (Phi) is 3.76. The molecule has 1 N–H and O–H groups in total. The van der Waals surface area contributed by atoms with Gasteiger partial charge in [-0.15, -0.1) is 11.3 Å². The minimum absolute atomic E-state index is 0.224. The zero-order chi connectivity index (χ0) is 12.3. The second-order valence-corrected chi connectivity index (χ2v) is 4.57. The number of esters is 1. The Labute approximate surface area is 104 Å². The van der Waals surface area contributed by atoms with E-state index in [2.05, 4.69) is 11.4 Å². The van der Waals surface area contributed by atoms with E-state index in [1.54, 1.807) is 18.4 Å². The molecule has 1 aromatic heterocycles. The highest BCUT2D eigenvalue weighted by Gasteiger charge is 2.22. The van der Waals surface area contributed by atoms with E-state index >= 15 is 0 Å². The standard InChI is InChI=1S/C13H15NO2S/c1-3-16-13(15)12(14-2)10-8-17-11-7-5-4-6-9(10)11/h4-8,12,14H,3H2,1-2H3. The van der Waals surface area contributed by atoms with Crippen molar-refractivity contribution < 1.29 is 9.53 Å². The molecule has 0 aliphatic carbocycles. The monoisotopic (exact) mass is 249 g/mol. The highest BCUT2D eigenvalue weighted by molar-refractivity contribution is 7.17. The number of ether oxygens (including phenoxy) is 1. The number of hydrogen-bond acceptors (Lipinski definition) is 4. The molecule has 3 nitrogen and oxygen atoms in total. The maximum absolute atomic E-state index is 11.8. The molecule has 2 aromatic rings. The molecule has 1 aromatic carbocycles. The Morgan fingerprint density at radius 3 is 2.94 bits per heavy atom. The first-order chi connectivity index (χ1) is 8.27. The van der Waals surface area contributed by atoms with E-state index in [1.165, 1.54) is 4.70 Å². The molecule has 0 radical (unpaired) electrons. The molecular weight excluding hydrogens is 234 g/mol. The summed E-state index contributed by atoms with van der Waals surface area (Å²) in [6, 6.07) is 7.69. The zero-order valence-electron chi connectivity index (χ0n) is 9.90. The minimum Gasteiger partial charge on any atom is -0.465 e. The van der Waals surface area contributed by atoms with Crippen LogP contribution in [0.15, 0.2) is 29.6 Å². The molecule has 90 valence electrons. The number of rotatable bonds is 4. The summed E-state index contributed by atoms with van der Waals surface area (Å²) < 4.78 is 6.26. The van der Waals surface area contributed by atoms with Gasteiger partial charge in [-0.3, -0.25) is 0 Å². The van der Waals surface area contributed by atoms with Gasteiger partial charge < -0.3 is 10.1 Å². The first kappa shape index (κ1) is 12.1. The van der Waals surface area contributed by atoms with Crippen molar-refractivity contribution in [3.05, 3.63) is 35.2 Å². The zero-order valence-corrected chi connectivity index (χ0v) is 10.7. The second-order valence-electron chi connectivity index (χ2n) is 3.66. The first-order valence-corrected chi connectivity index (χ1v) is 6.46. The summed E-state index contributed by atoms with van der Waals surface area (Å²) in [5.41, 5.74) is 0.992. The average molecular weight is 249 g/mol. The summed E-state index contributed by atoms with van der Waals surface area (Å²) in [4.78, 5) is 11.8. The molecule has 0 saturated carbocycles. The van der Waals surface area contributed by atoms with Crippen molar-refractivity contribution >= 4 is 27.4 Å². The van der Waals surface area contributed by atoms with Crippen molar-refractivity contribution in [1.29, 1.82) is 0 Å². The molecule has 0 aliphatic heterocycles. The topological polar surface area (TPSA) is 38.3 Å². The molecule has 0 fully saturated rings. The molecule has 17 heavy (non-hydrogen) atoms. The van der Waals surface area contributed by atoms with Crippen LogP contribution in [0.3, 0.4) is 0 Å². The maximum Gasteiger partial charge on any atom is 0.327 e. The molecule has 1 heterocycles. The lowest BCUT2D eigenvalue weighted by atomic mass is 10.1. The third-order valence-electron chi connectivity index (χ3n) is 2.63. The van der Waals surface area contributed by atoms with E-state index < -0.39 is 0 Å². The van der Waals surface area contributed by atoms with Gasteiger partial charge in [0.15, 0.2) is 0 Å². The van der Waals surface area contributed by atoms with Crippen molar-refractivity contribution in [3.8, 4) is 0 Å². The van der Waals surface area contributed by atoms with E-state index in [0.717, 1.165) is 10.9 Å². The molecule has 1 atom stereocenters. The first-order valence-electron chi connectivity index (χ1n) is 5.58. The van der Waals surface area contributed by atoms with Crippen molar-refractivity contribution in [1.82, 2.24) is 5.32 Å². The predicted molar refractivity (Wildman–Crippen MR) is 70.3 cm³/mol. The van der Waals surface area contributed by atoms with E-state index in [9.17, 15) is 4.79 Å². The van der Waals surface area contributed by atoms with Gasteiger partial charge in [0.25, 0.3) is 0 Å². The third-order valence-corrected chi connectivity index (χ3v) is 3.61. The lowest BCUT2D eigenvalue weighted by Crippen LogP contribution is -2.27. The van der Waals surface area contributed by atoms with Crippen LogP contribution in [-0.2, 0) is 9.53 Å². The number of fused-ring (bicyclic) bond motifs is 1. The van der Waals surface area contributed by atoms with Gasteiger partial charge in [-0.25, -0.2) is 4.79 Å². The quantitative estimate of drug-likeness (QED) is 0.847. The molecule has 0 aliphatic rings. The highest BCUT2D eigenvalue weighted by atomic mass is 32.1. The van der Waals surface area contributed by atoms with Crippen LogP contribution < -0.4 is 5.32 Å². The number of benzene rings is 1. The normalized spacial score (nSPS) is 12.6. The molecule has 1 unspecified atom stereocenters. The van der Waals surface area contributed by atoms with Crippen LogP contribution in [0.2, 0.25) is 0 Å². The van der Waals surface area contributed by atoms with Crippen molar-refractivity contribution in [2.75, 3.05) is 13.7 Å². The number of hydrogen-bond donors (Lipinski definition) is 1. The van der Waals surface area contributed by atoms with Crippen molar-refractivity contribution in [2.45, 2.75) is 13.0 Å². The lowest BCUT2D eigenvalue weighted by molar-refractivity contribution is -0.145. The van der Waals surface area contributed by atoms with Gasteiger partial charge in [0.1, 0.15) is 6.04 Å². The van der Waals surface area contributed by atoms with E-state index in [-0.39, 0.29) is 12.0 Å². The van der Waals surface area contributed by atoms with Crippen molar-refractivity contribution in [3.63, 3.8) is 0 Å². The Balaban J connectivity index is 2.40. The van der Waals surface area contributed by atoms with Crippen LogP contribution in [0.5, 0.6) is 0 Å². The Bertz CT molecular complexity index is 521. The number of likely N-dealkylation sites (N-methyl/N-ethyl adjacent to an activating group) is 1. The van der Waals surface area contributed by atoms with E-state index in [0.29, 0.717) is 6.61 Å². The lowest BCUT2D eigenvalue weighted by Gasteiger charge is -2.14. The highest BCUT2D eigenvalue weighted by Crippen LogP contribution is 2.30. The summed E-state index contributed by atoms with van der Waals surface area (Å²) in [5.74, 6) is -0.224. The van der Waals surface area contributed by atoms with Crippen LogP contribution in [-0.4, -0.2) is 19.6 Å². The summed E-state index contributed by atoms with van der Waals surface area (Å²) in [7, 11) is 1.77. The third kappa shape index (κ3) is 2.33. The van der Waals surface area contributed by atoms with Gasteiger partial charge in [-0.05, 0) is 36.4 Å². The fraction of sp³-hybridized carbons (Fsp3) is 0.308. The fourth-order valence-corrected chi connectivity index (χ4v) is 2.83. The van der Waals surface area contributed by atoms with Gasteiger partial charge in [0.05, 0.1) is 6.61 Å². The van der Waals surface area contributed by atoms with Crippen LogP contribution in [0.25, 0.3) is 10.1 Å². The minimum atomic E-state index is -0.383. The summed E-state index contributed by atoms with van der Waals surface area (Å²) in [6.45, 7) is 2.22. The predicted octanol–water partition coefficient (Wildman–Crippen LogP) is 2.72.